The van der Waals surface area contributed by atoms with Crippen molar-refractivity contribution in [2.24, 2.45) is 5.73 Å². The Balaban J connectivity index is 3.55. The molecule has 0 unspecified atom stereocenters. The molecule has 0 fully saturated rings. The van der Waals surface area contributed by atoms with Crippen LogP contribution < -0.4 is 10.5 Å². The maximum atomic E-state index is 5.92. The third-order valence-corrected chi connectivity index (χ3v) is 3.47. The molecule has 0 aliphatic carbocycles. The molecule has 0 spiro atoms. The number of ether oxygens (including phenoxy) is 1. The lowest BCUT2D eigenvalue weighted by Gasteiger charge is -2.12. The van der Waals surface area contributed by atoms with E-state index < -0.39 is 0 Å². The van der Waals surface area contributed by atoms with E-state index in [-0.39, 0.29) is 32.4 Å². The topological polar surface area (TPSA) is 35.2 Å². The van der Waals surface area contributed by atoms with E-state index >= 15 is 0 Å². The quantitative estimate of drug-likeness (QED) is 0.834. The van der Waals surface area contributed by atoms with E-state index in [9.17, 15) is 0 Å². The van der Waals surface area contributed by atoms with Crippen LogP contribution in [0.3, 0.4) is 0 Å². The fourth-order valence-corrected chi connectivity index (χ4v) is 2.20. The summed E-state index contributed by atoms with van der Waals surface area (Å²) in [6, 6.07) is 0. The van der Waals surface area contributed by atoms with Gasteiger partial charge in [-0.25, -0.2) is 0 Å². The van der Waals surface area contributed by atoms with Crippen LogP contribution in [-0.2, 0) is 6.54 Å². The van der Waals surface area contributed by atoms with E-state index in [0.717, 1.165) is 0 Å². The number of rotatable bonds is 2. The van der Waals surface area contributed by atoms with Gasteiger partial charge in [-0.15, -0.1) is 0 Å². The second-order valence-corrected chi connectivity index (χ2v) is 3.98. The first-order valence-electron chi connectivity index (χ1n) is 3.63. The number of nitrogens with two attached hydrogens (primary N) is 1. The molecule has 78 valence electrons. The van der Waals surface area contributed by atoms with Crippen LogP contribution >= 0.6 is 46.4 Å². The minimum atomic E-state index is 0.168. The molecule has 2 nitrogen and oxygen atoms in total. The minimum absolute atomic E-state index is 0.168. The zero-order valence-corrected chi connectivity index (χ0v) is 10.2. The third-order valence-electron chi connectivity index (χ3n) is 1.72. The lowest BCUT2D eigenvalue weighted by molar-refractivity contribution is 0.415. The first-order valence-corrected chi connectivity index (χ1v) is 5.14. The highest BCUT2D eigenvalue weighted by Crippen LogP contribution is 2.45. The molecule has 2 N–H and O–H groups in total. The van der Waals surface area contributed by atoms with Crippen LogP contribution in [0.4, 0.5) is 0 Å². The molecule has 0 aliphatic rings. The summed E-state index contributed by atoms with van der Waals surface area (Å²) in [6.07, 6.45) is 0. The summed E-state index contributed by atoms with van der Waals surface area (Å²) in [4.78, 5) is 0. The number of halogens is 4. The van der Waals surface area contributed by atoms with E-state index in [2.05, 4.69) is 0 Å². The van der Waals surface area contributed by atoms with Crippen molar-refractivity contribution in [3.05, 3.63) is 25.7 Å². The van der Waals surface area contributed by atoms with Gasteiger partial charge in [0.2, 0.25) is 0 Å². The maximum Gasteiger partial charge on any atom is 0.159 e. The number of hydrogen-bond donors (Lipinski definition) is 1. The largest absolute Gasteiger partial charge is 0.494 e. The molecule has 1 rings (SSSR count). The standard InChI is InChI=1S/C8H7Cl4NO/c1-14-8-6(11)4(9)3(2-13)5(10)7(8)12/h2,13H2,1H3. The van der Waals surface area contributed by atoms with Gasteiger partial charge >= 0.3 is 0 Å². The van der Waals surface area contributed by atoms with Gasteiger partial charge in [-0.3, -0.25) is 0 Å². The molecule has 0 heterocycles. The monoisotopic (exact) mass is 273 g/mol. The molecule has 1 aromatic carbocycles. The first-order chi connectivity index (χ1) is 6.54. The zero-order valence-electron chi connectivity index (χ0n) is 7.20. The smallest absolute Gasteiger partial charge is 0.159 e. The van der Waals surface area contributed by atoms with E-state index in [4.69, 9.17) is 56.9 Å². The van der Waals surface area contributed by atoms with Gasteiger partial charge < -0.3 is 10.5 Å². The van der Waals surface area contributed by atoms with Gasteiger partial charge in [0, 0.05) is 12.1 Å². The number of benzene rings is 1. The Hall–Kier alpha value is 0.140. The third kappa shape index (κ3) is 1.90. The van der Waals surface area contributed by atoms with Crippen molar-refractivity contribution in [1.29, 1.82) is 0 Å². The van der Waals surface area contributed by atoms with Crippen molar-refractivity contribution < 1.29 is 4.74 Å². The molecule has 6 heteroatoms. The Morgan fingerprint density at radius 1 is 1.00 bits per heavy atom. The fraction of sp³-hybridized carbons (Fsp3) is 0.250. The van der Waals surface area contributed by atoms with Gasteiger partial charge in [0.15, 0.2) is 5.75 Å². The molecule has 0 aromatic heterocycles. The van der Waals surface area contributed by atoms with Gasteiger partial charge in [-0.05, 0) is 0 Å². The van der Waals surface area contributed by atoms with Crippen LogP contribution in [0.5, 0.6) is 5.75 Å². The molecule has 0 amide bonds. The second-order valence-electron chi connectivity index (χ2n) is 2.47. The van der Waals surface area contributed by atoms with E-state index in [1.54, 1.807) is 0 Å². The molecule has 0 radical (unpaired) electrons. The van der Waals surface area contributed by atoms with Gasteiger partial charge in [-0.2, -0.15) is 0 Å². The zero-order chi connectivity index (χ0) is 10.9. The summed E-state index contributed by atoms with van der Waals surface area (Å²) < 4.78 is 4.96. The highest BCUT2D eigenvalue weighted by atomic mass is 35.5. The van der Waals surface area contributed by atoms with Crippen molar-refractivity contribution in [1.82, 2.24) is 0 Å². The number of methoxy groups -OCH3 is 1. The van der Waals surface area contributed by atoms with Crippen LogP contribution in [-0.4, -0.2) is 7.11 Å². The molecular formula is C8H7Cl4NO. The summed E-state index contributed by atoms with van der Waals surface area (Å²) >= 11 is 23.6. The lowest BCUT2D eigenvalue weighted by atomic mass is 10.2. The molecule has 0 saturated carbocycles. The van der Waals surface area contributed by atoms with E-state index in [1.807, 2.05) is 0 Å². The molecule has 14 heavy (non-hydrogen) atoms. The van der Waals surface area contributed by atoms with Gasteiger partial charge in [0.05, 0.1) is 17.2 Å². The van der Waals surface area contributed by atoms with Crippen LogP contribution in [0.15, 0.2) is 0 Å². The van der Waals surface area contributed by atoms with E-state index in [1.165, 1.54) is 7.11 Å². The number of hydrogen-bond acceptors (Lipinski definition) is 2. The molecule has 0 aliphatic heterocycles. The Morgan fingerprint density at radius 2 is 1.43 bits per heavy atom. The predicted molar refractivity (Wildman–Crippen MR) is 60.9 cm³/mol. The second kappa shape index (κ2) is 4.77. The van der Waals surface area contributed by atoms with Gasteiger partial charge in [0.1, 0.15) is 10.0 Å². The lowest BCUT2D eigenvalue weighted by Crippen LogP contribution is -2.00. The molecule has 0 saturated heterocycles. The van der Waals surface area contributed by atoms with Crippen LogP contribution in [0.25, 0.3) is 0 Å². The van der Waals surface area contributed by atoms with Crippen molar-refractivity contribution in [2.45, 2.75) is 6.54 Å². The molecule has 0 atom stereocenters. The first kappa shape index (κ1) is 12.2. The Labute approximate surface area is 102 Å². The van der Waals surface area contributed by atoms with Crippen molar-refractivity contribution in [3.8, 4) is 5.75 Å². The highest BCUT2D eigenvalue weighted by Gasteiger charge is 2.19. The Bertz CT molecular complexity index is 303. The average molecular weight is 275 g/mol. The van der Waals surface area contributed by atoms with E-state index in [0.29, 0.717) is 5.56 Å². The maximum absolute atomic E-state index is 5.92. The molecule has 1 aromatic rings. The average Bonchev–Trinajstić information content (AvgIpc) is 2.17. The normalized spacial score (nSPS) is 10.4. The van der Waals surface area contributed by atoms with Gasteiger partial charge in [0.25, 0.3) is 0 Å². The van der Waals surface area contributed by atoms with Gasteiger partial charge in [-0.1, -0.05) is 46.4 Å². The molecular weight excluding hydrogens is 268 g/mol. The predicted octanol–water partition coefficient (Wildman–Crippen LogP) is 3.77. The van der Waals surface area contributed by atoms with Crippen molar-refractivity contribution in [3.63, 3.8) is 0 Å². The fourth-order valence-electron chi connectivity index (χ4n) is 1.02. The van der Waals surface area contributed by atoms with Crippen LogP contribution in [0.1, 0.15) is 5.56 Å². The summed E-state index contributed by atoms with van der Waals surface area (Å²) in [7, 11) is 1.43. The Morgan fingerprint density at radius 3 is 1.71 bits per heavy atom. The van der Waals surface area contributed by atoms with Crippen molar-refractivity contribution >= 4 is 46.4 Å². The summed E-state index contributed by atoms with van der Waals surface area (Å²) in [6.45, 7) is 0.168. The van der Waals surface area contributed by atoms with Crippen LogP contribution in [0, 0.1) is 0 Å². The molecule has 0 bridgehead atoms. The summed E-state index contributed by atoms with van der Waals surface area (Å²) in [5.74, 6) is 0.264. The Kier molecular flexibility index (Phi) is 4.16. The highest BCUT2D eigenvalue weighted by molar-refractivity contribution is 6.49. The SMILES string of the molecule is COc1c(Cl)c(Cl)c(CN)c(Cl)c1Cl. The van der Waals surface area contributed by atoms with Crippen molar-refractivity contribution in [2.75, 3.05) is 7.11 Å². The minimum Gasteiger partial charge on any atom is -0.494 e. The summed E-state index contributed by atoms with van der Waals surface area (Å²) in [5.41, 5.74) is 5.97. The summed E-state index contributed by atoms with van der Waals surface area (Å²) in [5, 5.41) is 1.01. The van der Waals surface area contributed by atoms with Crippen LogP contribution in [0.2, 0.25) is 20.1 Å².